The van der Waals surface area contributed by atoms with Gasteiger partial charge < -0.3 is 4.42 Å². The summed E-state index contributed by atoms with van der Waals surface area (Å²) in [5, 5.41) is 0. The third kappa shape index (κ3) is 1.14. The van der Waals surface area contributed by atoms with E-state index in [1.54, 1.807) is 18.2 Å². The molecule has 12 heavy (non-hydrogen) atoms. The van der Waals surface area contributed by atoms with Crippen molar-refractivity contribution in [3.63, 3.8) is 0 Å². The van der Waals surface area contributed by atoms with Crippen molar-refractivity contribution in [1.29, 1.82) is 0 Å². The van der Waals surface area contributed by atoms with Gasteiger partial charge in [-0.15, -0.1) is 0 Å². The van der Waals surface area contributed by atoms with Crippen molar-refractivity contribution < 1.29 is 9.21 Å². The third-order valence-electron chi connectivity index (χ3n) is 1.52. The predicted octanol–water partition coefficient (Wildman–Crippen LogP) is 2.40. The van der Waals surface area contributed by atoms with Crippen molar-refractivity contribution in [2.24, 2.45) is 0 Å². The van der Waals surface area contributed by atoms with Crippen molar-refractivity contribution >= 4 is 33.3 Å². The summed E-state index contributed by atoms with van der Waals surface area (Å²) in [6.45, 7) is 0. The fraction of sp³-hybridized carbons (Fsp3) is 0. The van der Waals surface area contributed by atoms with E-state index in [2.05, 4.69) is 20.9 Å². The second-order valence-corrected chi connectivity index (χ2v) is 2.99. The SMILES string of the molecule is O=Cc1ccc2oc(Br)nc2c1. The summed E-state index contributed by atoms with van der Waals surface area (Å²) >= 11 is 3.10. The van der Waals surface area contributed by atoms with E-state index in [-0.39, 0.29) is 0 Å². The van der Waals surface area contributed by atoms with Crippen molar-refractivity contribution in [3.05, 3.63) is 28.6 Å². The van der Waals surface area contributed by atoms with Crippen LogP contribution < -0.4 is 0 Å². The lowest BCUT2D eigenvalue weighted by atomic mass is 10.2. The summed E-state index contributed by atoms with van der Waals surface area (Å²) in [4.78, 5) is 14.8. The van der Waals surface area contributed by atoms with Crippen LogP contribution in [0.1, 0.15) is 10.4 Å². The van der Waals surface area contributed by atoms with E-state index in [1.807, 2.05) is 0 Å². The van der Waals surface area contributed by atoms with Crippen LogP contribution in [0.25, 0.3) is 11.1 Å². The summed E-state index contributed by atoms with van der Waals surface area (Å²) < 4.78 is 5.16. The van der Waals surface area contributed by atoms with Gasteiger partial charge >= 0.3 is 0 Å². The van der Waals surface area contributed by atoms with Crippen LogP contribution in [0.5, 0.6) is 0 Å². The van der Waals surface area contributed by atoms with Gasteiger partial charge in [0.2, 0.25) is 0 Å². The molecule has 0 spiro atoms. The van der Waals surface area contributed by atoms with Gasteiger partial charge in [-0.1, -0.05) is 0 Å². The van der Waals surface area contributed by atoms with Crippen molar-refractivity contribution in [2.45, 2.75) is 0 Å². The maximum Gasteiger partial charge on any atom is 0.265 e. The van der Waals surface area contributed by atoms with E-state index < -0.39 is 0 Å². The van der Waals surface area contributed by atoms with Gasteiger partial charge in [0.15, 0.2) is 5.58 Å². The normalized spacial score (nSPS) is 10.4. The van der Waals surface area contributed by atoms with Crippen LogP contribution in [0, 0.1) is 0 Å². The summed E-state index contributed by atoms with van der Waals surface area (Å²) in [6.07, 6.45) is 0.780. The molecule has 0 unspecified atom stereocenters. The number of hydrogen-bond acceptors (Lipinski definition) is 3. The Morgan fingerprint density at radius 3 is 3.08 bits per heavy atom. The molecule has 0 aliphatic rings. The topological polar surface area (TPSA) is 43.1 Å². The Bertz CT molecular complexity index is 436. The highest BCUT2D eigenvalue weighted by molar-refractivity contribution is 9.10. The van der Waals surface area contributed by atoms with Gasteiger partial charge in [0.1, 0.15) is 11.8 Å². The van der Waals surface area contributed by atoms with Gasteiger partial charge in [0, 0.05) is 21.5 Å². The zero-order valence-electron chi connectivity index (χ0n) is 5.95. The average Bonchev–Trinajstić information content (AvgIpc) is 2.43. The highest BCUT2D eigenvalue weighted by Crippen LogP contribution is 2.19. The van der Waals surface area contributed by atoms with E-state index in [4.69, 9.17) is 4.42 Å². The molecule has 0 N–H and O–H groups in total. The first-order chi connectivity index (χ1) is 5.79. The molecule has 0 amide bonds. The Labute approximate surface area is 76.5 Å². The van der Waals surface area contributed by atoms with Crippen molar-refractivity contribution in [3.8, 4) is 0 Å². The van der Waals surface area contributed by atoms with Gasteiger partial charge in [-0.25, -0.2) is 4.98 Å². The Morgan fingerprint density at radius 1 is 1.50 bits per heavy atom. The minimum absolute atomic E-state index is 0.431. The monoisotopic (exact) mass is 225 g/mol. The molecule has 0 saturated carbocycles. The van der Waals surface area contributed by atoms with Crippen LogP contribution in [-0.2, 0) is 0 Å². The molecule has 1 aromatic heterocycles. The van der Waals surface area contributed by atoms with Gasteiger partial charge in [-0.3, -0.25) is 4.79 Å². The van der Waals surface area contributed by atoms with Gasteiger partial charge in [0.25, 0.3) is 4.80 Å². The number of fused-ring (bicyclic) bond motifs is 1. The molecular formula is C8H4BrNO2. The van der Waals surface area contributed by atoms with Crippen molar-refractivity contribution in [1.82, 2.24) is 4.98 Å². The quantitative estimate of drug-likeness (QED) is 0.701. The summed E-state index contributed by atoms with van der Waals surface area (Å²) in [7, 11) is 0. The standard InChI is InChI=1S/C8H4BrNO2/c9-8-10-6-3-5(4-11)1-2-7(6)12-8/h1-4H. The largest absolute Gasteiger partial charge is 0.431 e. The van der Waals surface area contributed by atoms with Crippen LogP contribution in [-0.4, -0.2) is 11.3 Å². The summed E-state index contributed by atoms with van der Waals surface area (Å²) in [6, 6.07) is 5.08. The molecule has 3 nitrogen and oxygen atoms in total. The minimum Gasteiger partial charge on any atom is -0.431 e. The fourth-order valence-electron chi connectivity index (χ4n) is 0.990. The highest BCUT2D eigenvalue weighted by Gasteiger charge is 2.02. The first-order valence-corrected chi connectivity index (χ1v) is 4.10. The molecular weight excluding hydrogens is 222 g/mol. The number of carbonyl (C=O) groups is 1. The van der Waals surface area contributed by atoms with Gasteiger partial charge in [-0.05, 0) is 18.2 Å². The number of carbonyl (C=O) groups excluding carboxylic acids is 1. The Balaban J connectivity index is 2.74. The van der Waals surface area contributed by atoms with Crippen LogP contribution in [0.2, 0.25) is 0 Å². The molecule has 0 bridgehead atoms. The molecule has 1 aromatic carbocycles. The zero-order valence-corrected chi connectivity index (χ0v) is 7.54. The number of rotatable bonds is 1. The van der Waals surface area contributed by atoms with E-state index in [9.17, 15) is 4.79 Å². The molecule has 0 fully saturated rings. The van der Waals surface area contributed by atoms with Gasteiger partial charge in [0.05, 0.1) is 0 Å². The molecule has 0 aliphatic heterocycles. The van der Waals surface area contributed by atoms with Crippen LogP contribution in [0.4, 0.5) is 0 Å². The molecule has 4 heteroatoms. The van der Waals surface area contributed by atoms with E-state index in [1.165, 1.54) is 0 Å². The van der Waals surface area contributed by atoms with E-state index in [0.717, 1.165) is 6.29 Å². The number of hydrogen-bond donors (Lipinski definition) is 0. The number of aldehydes is 1. The smallest absolute Gasteiger partial charge is 0.265 e. The predicted molar refractivity (Wildman–Crippen MR) is 47.1 cm³/mol. The maximum absolute atomic E-state index is 10.4. The molecule has 0 aliphatic carbocycles. The maximum atomic E-state index is 10.4. The number of nitrogens with zero attached hydrogens (tertiary/aromatic N) is 1. The van der Waals surface area contributed by atoms with Crippen LogP contribution in [0.3, 0.4) is 0 Å². The average molecular weight is 226 g/mol. The Kier molecular flexibility index (Phi) is 1.69. The lowest BCUT2D eigenvalue weighted by Crippen LogP contribution is -1.77. The molecule has 2 rings (SSSR count). The first kappa shape index (κ1) is 7.49. The Hall–Kier alpha value is -1.16. The molecule has 0 radical (unpaired) electrons. The van der Waals surface area contributed by atoms with E-state index in [0.29, 0.717) is 21.5 Å². The van der Waals surface area contributed by atoms with E-state index >= 15 is 0 Å². The van der Waals surface area contributed by atoms with Gasteiger partial charge in [-0.2, -0.15) is 0 Å². The summed E-state index contributed by atoms with van der Waals surface area (Å²) in [5.74, 6) is 0. The lowest BCUT2D eigenvalue weighted by Gasteiger charge is -1.86. The molecule has 1 heterocycles. The second kappa shape index (κ2) is 2.71. The second-order valence-electron chi connectivity index (χ2n) is 2.31. The van der Waals surface area contributed by atoms with Crippen molar-refractivity contribution in [2.75, 3.05) is 0 Å². The molecule has 2 aromatic rings. The molecule has 60 valence electrons. The third-order valence-corrected chi connectivity index (χ3v) is 1.86. The zero-order chi connectivity index (χ0) is 8.55. The van der Waals surface area contributed by atoms with Crippen LogP contribution >= 0.6 is 15.9 Å². The fourth-order valence-corrected chi connectivity index (χ4v) is 1.36. The molecule has 0 atom stereocenters. The minimum atomic E-state index is 0.431. The first-order valence-electron chi connectivity index (χ1n) is 3.31. The number of oxazole rings is 1. The summed E-state index contributed by atoms with van der Waals surface area (Å²) in [5.41, 5.74) is 1.96. The van der Waals surface area contributed by atoms with Crippen LogP contribution in [0.15, 0.2) is 27.4 Å². The number of halogens is 1. The Morgan fingerprint density at radius 2 is 2.33 bits per heavy atom. The number of benzene rings is 1. The molecule has 0 saturated heterocycles. The highest BCUT2D eigenvalue weighted by atomic mass is 79.9. The lowest BCUT2D eigenvalue weighted by molar-refractivity contribution is 0.112. The number of aromatic nitrogens is 1.